The Morgan fingerprint density at radius 1 is 1.52 bits per heavy atom. The maximum Gasteiger partial charge on any atom is 1.00 e. The van der Waals surface area contributed by atoms with Gasteiger partial charge in [0.2, 0.25) is 0 Å². The summed E-state index contributed by atoms with van der Waals surface area (Å²) in [6.07, 6.45) is 0. The van der Waals surface area contributed by atoms with Crippen LogP contribution in [0.15, 0.2) is 21.8 Å². The summed E-state index contributed by atoms with van der Waals surface area (Å²) < 4.78 is 26.1. The number of nitrogens with two attached hydrogens (primary N) is 1. The number of hydrogen-bond donors (Lipinski definition) is 2. The SMILES string of the molecule is [2H][13C]([2H])([2H])O/N=C(\C(=O)N[C@@H]1C(=O)N2C(C(=O)[O-])=C(COC(C)=O)CS[C@H]12)c1csc(N)n1.[Na+]. The molecule has 2 amide bonds. The Morgan fingerprint density at radius 2 is 2.26 bits per heavy atom. The van der Waals surface area contributed by atoms with E-state index < -0.39 is 53.6 Å². The Hall–Kier alpha value is -2.13. The summed E-state index contributed by atoms with van der Waals surface area (Å²) in [4.78, 5) is 57.3. The zero-order valence-corrected chi connectivity index (χ0v) is 19.9. The molecule has 2 aliphatic rings. The number of aliphatic carboxylic acids is 1. The van der Waals surface area contributed by atoms with E-state index in [1.165, 1.54) is 5.38 Å². The Balaban J connectivity index is 0.00000408. The predicted molar refractivity (Wildman–Crippen MR) is 104 cm³/mol. The summed E-state index contributed by atoms with van der Waals surface area (Å²) in [5, 5.41) is 18.0. The van der Waals surface area contributed by atoms with Crippen LogP contribution in [-0.2, 0) is 28.8 Å². The summed E-state index contributed by atoms with van der Waals surface area (Å²) in [7, 11) is -2.94. The number of carbonyl (C=O) groups is 4. The zero-order chi connectivity index (χ0) is 24.5. The van der Waals surface area contributed by atoms with Gasteiger partial charge in [-0.05, 0) is 0 Å². The number of thiazole rings is 1. The number of carboxylic acid groups (broad SMARTS) is 1. The normalized spacial score (nSPS) is 22.1. The van der Waals surface area contributed by atoms with Gasteiger partial charge in [-0.1, -0.05) is 5.16 Å². The number of amides is 2. The summed E-state index contributed by atoms with van der Waals surface area (Å²) in [6.45, 7) is 0.830. The van der Waals surface area contributed by atoms with E-state index >= 15 is 0 Å². The number of nitrogens with one attached hydrogen (secondary N) is 1. The molecule has 31 heavy (non-hydrogen) atoms. The van der Waals surface area contributed by atoms with Crippen molar-refractivity contribution >= 4 is 57.7 Å². The van der Waals surface area contributed by atoms with Crippen LogP contribution in [0.1, 0.15) is 16.7 Å². The van der Waals surface area contributed by atoms with Crippen molar-refractivity contribution < 1.29 is 67.5 Å². The molecule has 1 aromatic heterocycles. The van der Waals surface area contributed by atoms with Gasteiger partial charge in [-0.2, -0.15) is 0 Å². The number of rotatable bonds is 7. The number of fused-ring (bicyclic) bond motifs is 1. The van der Waals surface area contributed by atoms with Crippen molar-refractivity contribution in [3.05, 3.63) is 22.3 Å². The number of oxime groups is 1. The van der Waals surface area contributed by atoms with E-state index in [0.717, 1.165) is 34.9 Å². The first kappa shape index (κ1) is 20.8. The number of hydrogen-bond acceptors (Lipinski definition) is 12. The Kier molecular flexibility index (Phi) is 7.00. The number of carboxylic acids is 1. The van der Waals surface area contributed by atoms with Gasteiger partial charge in [0.15, 0.2) is 10.8 Å². The second kappa shape index (κ2) is 10.5. The van der Waals surface area contributed by atoms with Crippen molar-refractivity contribution in [1.29, 1.82) is 0 Å². The molecule has 2 aliphatic heterocycles. The van der Waals surface area contributed by atoms with Crippen LogP contribution < -0.4 is 45.7 Å². The van der Waals surface area contributed by atoms with Crippen molar-refractivity contribution in [1.82, 2.24) is 15.2 Å². The molecule has 0 aromatic carbocycles. The largest absolute Gasteiger partial charge is 1.00 e. The first-order valence-corrected chi connectivity index (χ1v) is 10.1. The van der Waals surface area contributed by atoms with E-state index in [0.29, 0.717) is 0 Å². The minimum Gasteiger partial charge on any atom is -0.543 e. The molecule has 12 nitrogen and oxygen atoms in total. The Morgan fingerprint density at radius 3 is 2.84 bits per heavy atom. The van der Waals surface area contributed by atoms with Crippen molar-refractivity contribution in [3.63, 3.8) is 0 Å². The number of ether oxygens (including phenoxy) is 1. The third-order valence-electron chi connectivity index (χ3n) is 4.09. The van der Waals surface area contributed by atoms with Gasteiger partial charge in [0.05, 0.1) is 15.8 Å². The maximum atomic E-state index is 12.8. The molecule has 0 radical (unpaired) electrons. The number of nitrogen functional groups attached to an aromatic ring is 1. The molecular formula is C16H16N5NaO7S2. The van der Waals surface area contributed by atoms with E-state index in [4.69, 9.17) is 14.6 Å². The number of esters is 1. The number of anilines is 1. The topological polar surface area (TPSA) is 176 Å². The van der Waals surface area contributed by atoms with Crippen LogP contribution in [-0.4, -0.2) is 70.2 Å². The fourth-order valence-corrected chi connectivity index (χ4v) is 4.70. The van der Waals surface area contributed by atoms with Crippen molar-refractivity contribution in [3.8, 4) is 0 Å². The minimum absolute atomic E-state index is 0. The van der Waals surface area contributed by atoms with Gasteiger partial charge in [0, 0.05) is 23.6 Å². The molecule has 0 aliphatic carbocycles. The molecule has 0 spiro atoms. The summed E-state index contributed by atoms with van der Waals surface area (Å²) in [5.41, 5.74) is 4.70. The number of aromatic nitrogens is 1. The fraction of sp³-hybridized carbons (Fsp3) is 0.375. The molecule has 160 valence electrons. The van der Waals surface area contributed by atoms with E-state index in [1.54, 1.807) is 0 Å². The van der Waals surface area contributed by atoms with Crippen LogP contribution in [0, 0.1) is 0 Å². The van der Waals surface area contributed by atoms with Gasteiger partial charge in [-0.15, -0.1) is 23.1 Å². The van der Waals surface area contributed by atoms with Crippen molar-refractivity contribution in [2.24, 2.45) is 5.16 Å². The van der Waals surface area contributed by atoms with Crippen LogP contribution in [0.2, 0.25) is 0 Å². The predicted octanol–water partition coefficient (Wildman–Crippen LogP) is -4.95. The fourth-order valence-electron chi connectivity index (χ4n) is 2.83. The van der Waals surface area contributed by atoms with Crippen LogP contribution >= 0.6 is 23.1 Å². The number of β-lactam (4-membered cyclic amide) rings is 1. The van der Waals surface area contributed by atoms with Crippen LogP contribution in [0.4, 0.5) is 5.13 Å². The molecule has 0 unspecified atom stereocenters. The van der Waals surface area contributed by atoms with Gasteiger partial charge in [0.25, 0.3) is 11.8 Å². The summed E-state index contributed by atoms with van der Waals surface area (Å²) in [5.74, 6) is -3.89. The third-order valence-corrected chi connectivity index (χ3v) is 6.11. The smallest absolute Gasteiger partial charge is 0.543 e. The molecule has 0 saturated carbocycles. The monoisotopic (exact) mass is 481 g/mol. The van der Waals surface area contributed by atoms with E-state index in [9.17, 15) is 24.3 Å². The molecule has 15 heteroatoms. The average Bonchev–Trinajstić information content (AvgIpc) is 3.14. The van der Waals surface area contributed by atoms with Crippen LogP contribution in [0.3, 0.4) is 0 Å². The third kappa shape index (κ3) is 5.20. The van der Waals surface area contributed by atoms with Gasteiger partial charge >= 0.3 is 35.5 Å². The van der Waals surface area contributed by atoms with Crippen LogP contribution in [0.5, 0.6) is 0 Å². The second-order valence-corrected chi connectivity index (χ2v) is 7.98. The molecular weight excluding hydrogens is 462 g/mol. The van der Waals surface area contributed by atoms with Crippen molar-refractivity contribution in [2.75, 3.05) is 25.1 Å². The molecule has 1 saturated heterocycles. The molecule has 0 bridgehead atoms. The van der Waals surface area contributed by atoms with Gasteiger partial charge in [-0.25, -0.2) is 4.98 Å². The molecule has 1 fully saturated rings. The van der Waals surface area contributed by atoms with Crippen molar-refractivity contribution in [2.45, 2.75) is 18.3 Å². The second-order valence-electron chi connectivity index (χ2n) is 5.98. The summed E-state index contributed by atoms with van der Waals surface area (Å²) >= 11 is 2.10. The average molecular weight is 481 g/mol. The van der Waals surface area contributed by atoms with E-state index in [2.05, 4.69) is 20.3 Å². The molecule has 2 atom stereocenters. The maximum absolute atomic E-state index is 12.8. The number of nitrogens with zero attached hydrogens (tertiary/aromatic N) is 3. The first-order chi connectivity index (χ1) is 15.4. The molecule has 3 N–H and O–H groups in total. The van der Waals surface area contributed by atoms with Gasteiger partial charge < -0.3 is 30.5 Å². The summed E-state index contributed by atoms with van der Waals surface area (Å²) in [6, 6.07) is -1.15. The Labute approximate surface area is 210 Å². The standard InChI is InChI=1S/C16H17N5O7S2.Na/c1-6(22)28-3-7-4-29-14-10(13(24)21(14)11(7)15(25)26)19-12(23)9(20-27-2)8-5-30-16(17)18-8;/h5,10,14H,3-4H2,1-2H3,(H2,17,18)(H,19,23)(H,25,26);/q;+1/p-1/b20-9-;/t10-,14-;/m1./s1/i2+1D3;. The van der Waals surface area contributed by atoms with Gasteiger partial charge in [-0.3, -0.25) is 19.3 Å². The molecule has 1 aromatic rings. The molecule has 3 heterocycles. The van der Waals surface area contributed by atoms with E-state index in [-0.39, 0.29) is 58.3 Å². The quantitative estimate of drug-likeness (QED) is 0.0958. The molecule has 3 rings (SSSR count). The number of thioether (sulfide) groups is 1. The first-order valence-electron chi connectivity index (χ1n) is 9.69. The Bertz CT molecular complexity index is 1080. The van der Waals surface area contributed by atoms with Gasteiger partial charge in [0.1, 0.15) is 30.8 Å². The minimum atomic E-state index is -2.94. The van der Waals surface area contributed by atoms with Crippen LogP contribution in [0.25, 0.3) is 0 Å². The zero-order valence-electron chi connectivity index (χ0n) is 19.2. The van der Waals surface area contributed by atoms with E-state index in [1.807, 2.05) is 0 Å². The number of carbonyl (C=O) groups excluding carboxylic acids is 4.